The minimum absolute atomic E-state index is 0.173. The molecule has 0 amide bonds. The molecular weight excluding hydrogens is 302 g/mol. The topological polar surface area (TPSA) is 72.4 Å². The van der Waals surface area contributed by atoms with E-state index in [0.29, 0.717) is 18.1 Å². The minimum Gasteiger partial charge on any atom is -0.459 e. The van der Waals surface area contributed by atoms with Crippen LogP contribution in [0.25, 0.3) is 0 Å². The van der Waals surface area contributed by atoms with Crippen molar-refractivity contribution in [3.63, 3.8) is 0 Å². The van der Waals surface area contributed by atoms with E-state index in [9.17, 15) is 8.42 Å². The zero-order valence-electron chi connectivity index (χ0n) is 10.9. The highest BCUT2D eigenvalue weighted by Crippen LogP contribution is 2.32. The lowest BCUT2D eigenvalue weighted by Crippen LogP contribution is -2.45. The maximum Gasteiger partial charge on any atom is 0.316 e. The summed E-state index contributed by atoms with van der Waals surface area (Å²) in [5.41, 5.74) is 0. The van der Waals surface area contributed by atoms with Gasteiger partial charge < -0.3 is 4.74 Å². The molecule has 2 aliphatic rings. The van der Waals surface area contributed by atoms with Crippen molar-refractivity contribution in [1.29, 1.82) is 0 Å². The first-order chi connectivity index (χ1) is 9.55. The van der Waals surface area contributed by atoms with Gasteiger partial charge in [-0.3, -0.25) is 0 Å². The van der Waals surface area contributed by atoms with Crippen LogP contribution in [0.3, 0.4) is 0 Å². The predicted octanol–water partition coefficient (Wildman–Crippen LogP) is 1.47. The molecule has 0 radical (unpaired) electrons. The Morgan fingerprint density at radius 1 is 1.25 bits per heavy atom. The van der Waals surface area contributed by atoms with Gasteiger partial charge in [0.05, 0.1) is 29.2 Å². The van der Waals surface area contributed by atoms with Crippen molar-refractivity contribution in [2.24, 2.45) is 0 Å². The Balaban J connectivity index is 1.64. The first-order valence-electron chi connectivity index (χ1n) is 6.69. The Bertz CT molecular complexity index is 574. The first kappa shape index (κ1) is 14.0. The molecule has 8 heteroatoms. The molecule has 2 fully saturated rings. The van der Waals surface area contributed by atoms with Gasteiger partial charge in [0.2, 0.25) is 10.0 Å². The van der Waals surface area contributed by atoms with Crippen LogP contribution in [0.5, 0.6) is 6.01 Å². The Morgan fingerprint density at radius 2 is 1.95 bits per heavy atom. The second-order valence-electron chi connectivity index (χ2n) is 5.17. The molecule has 1 aliphatic heterocycles. The fraction of sp³-hybridized carbons (Fsp3) is 0.667. The van der Waals surface area contributed by atoms with Crippen LogP contribution < -0.4 is 4.74 Å². The number of hydrogen-bond acceptors (Lipinski definition) is 5. The molecule has 0 bridgehead atoms. The van der Waals surface area contributed by atoms with Gasteiger partial charge in [-0.1, -0.05) is 11.6 Å². The predicted molar refractivity (Wildman–Crippen MR) is 74.2 cm³/mol. The van der Waals surface area contributed by atoms with Crippen molar-refractivity contribution in [1.82, 2.24) is 14.3 Å². The summed E-state index contributed by atoms with van der Waals surface area (Å²) < 4.78 is 31.6. The van der Waals surface area contributed by atoms with Crippen molar-refractivity contribution >= 4 is 21.6 Å². The molecule has 1 aromatic rings. The molecule has 20 heavy (non-hydrogen) atoms. The average Bonchev–Trinajstić information content (AvgIpc) is 3.27. The van der Waals surface area contributed by atoms with Gasteiger partial charge in [0.1, 0.15) is 6.10 Å². The third-order valence-corrected chi connectivity index (χ3v) is 6.08. The lowest BCUT2D eigenvalue weighted by molar-refractivity contribution is 0.119. The van der Waals surface area contributed by atoms with Crippen molar-refractivity contribution < 1.29 is 13.2 Å². The molecule has 1 atom stereocenters. The molecule has 1 aromatic heterocycles. The summed E-state index contributed by atoms with van der Waals surface area (Å²) in [6.45, 7) is 0.963. The summed E-state index contributed by atoms with van der Waals surface area (Å²) in [6, 6.07) is 0.241. The average molecular weight is 318 g/mol. The fourth-order valence-corrected chi connectivity index (χ4v) is 4.33. The van der Waals surface area contributed by atoms with E-state index in [0.717, 1.165) is 25.7 Å². The Kier molecular flexibility index (Phi) is 3.83. The Labute approximate surface area is 123 Å². The second kappa shape index (κ2) is 5.46. The standard InChI is InChI=1S/C12H16ClN3O3S/c13-9-6-14-12(15-7-9)19-10-2-1-5-16(8-10)20(17,18)11-3-4-11/h6-7,10-11H,1-5,8H2. The maximum absolute atomic E-state index is 12.2. The SMILES string of the molecule is O=S(=O)(C1CC1)N1CCCC(Oc2ncc(Cl)cn2)C1. The smallest absolute Gasteiger partial charge is 0.316 e. The quantitative estimate of drug-likeness (QED) is 0.840. The molecule has 0 N–H and O–H groups in total. The van der Waals surface area contributed by atoms with Crippen molar-refractivity contribution in [3.05, 3.63) is 17.4 Å². The summed E-state index contributed by atoms with van der Waals surface area (Å²) in [6.07, 6.45) is 5.90. The lowest BCUT2D eigenvalue weighted by atomic mass is 10.1. The molecule has 1 saturated heterocycles. The Hall–Kier alpha value is -0.920. The van der Waals surface area contributed by atoms with Gasteiger partial charge in [-0.2, -0.15) is 4.31 Å². The summed E-state index contributed by atoms with van der Waals surface area (Å²) in [7, 11) is -3.13. The highest BCUT2D eigenvalue weighted by Gasteiger charge is 2.41. The number of sulfonamides is 1. The van der Waals surface area contributed by atoms with Crippen LogP contribution in [0, 0.1) is 0 Å². The monoisotopic (exact) mass is 317 g/mol. The third kappa shape index (κ3) is 3.05. The highest BCUT2D eigenvalue weighted by molar-refractivity contribution is 7.90. The first-order valence-corrected chi connectivity index (χ1v) is 8.57. The van der Waals surface area contributed by atoms with Crippen LogP contribution >= 0.6 is 11.6 Å². The largest absolute Gasteiger partial charge is 0.459 e. The molecule has 1 saturated carbocycles. The summed E-state index contributed by atoms with van der Waals surface area (Å²) in [5, 5.41) is 0.270. The van der Waals surface area contributed by atoms with E-state index in [1.165, 1.54) is 12.4 Å². The van der Waals surface area contributed by atoms with Gasteiger partial charge >= 0.3 is 6.01 Å². The van der Waals surface area contributed by atoms with Gasteiger partial charge in [0.25, 0.3) is 0 Å². The number of ether oxygens (including phenoxy) is 1. The van der Waals surface area contributed by atoms with Crippen LogP contribution in [0.2, 0.25) is 5.02 Å². The van der Waals surface area contributed by atoms with E-state index < -0.39 is 10.0 Å². The fourth-order valence-electron chi connectivity index (χ4n) is 2.32. The summed E-state index contributed by atoms with van der Waals surface area (Å²) >= 11 is 5.71. The van der Waals surface area contributed by atoms with Crippen molar-refractivity contribution in [2.75, 3.05) is 13.1 Å². The normalized spacial score (nSPS) is 24.6. The van der Waals surface area contributed by atoms with Gasteiger partial charge in [-0.15, -0.1) is 0 Å². The van der Waals surface area contributed by atoms with E-state index in [1.54, 1.807) is 4.31 Å². The molecule has 110 valence electrons. The molecule has 1 aliphatic carbocycles. The number of halogens is 1. The van der Waals surface area contributed by atoms with Crippen LogP contribution in [0.1, 0.15) is 25.7 Å². The third-order valence-electron chi connectivity index (χ3n) is 3.52. The number of hydrogen-bond donors (Lipinski definition) is 0. The van der Waals surface area contributed by atoms with E-state index >= 15 is 0 Å². The van der Waals surface area contributed by atoms with Gasteiger partial charge in [0, 0.05) is 6.54 Å². The van der Waals surface area contributed by atoms with Gasteiger partial charge in [-0.25, -0.2) is 18.4 Å². The van der Waals surface area contributed by atoms with Crippen LogP contribution in [-0.2, 0) is 10.0 Å². The van der Waals surface area contributed by atoms with E-state index in [-0.39, 0.29) is 17.4 Å². The van der Waals surface area contributed by atoms with Crippen LogP contribution in [0.4, 0.5) is 0 Å². The molecule has 0 aromatic carbocycles. The highest BCUT2D eigenvalue weighted by atomic mass is 35.5. The maximum atomic E-state index is 12.2. The minimum atomic E-state index is -3.13. The van der Waals surface area contributed by atoms with Crippen molar-refractivity contribution in [2.45, 2.75) is 37.0 Å². The zero-order chi connectivity index (χ0) is 14.2. The molecule has 6 nitrogen and oxygen atoms in total. The van der Waals surface area contributed by atoms with Gasteiger partial charge in [-0.05, 0) is 25.7 Å². The second-order valence-corrected chi connectivity index (χ2v) is 7.82. The van der Waals surface area contributed by atoms with Crippen LogP contribution in [0.15, 0.2) is 12.4 Å². The molecule has 0 spiro atoms. The molecular formula is C12H16ClN3O3S. The number of aromatic nitrogens is 2. The molecule has 2 heterocycles. The number of rotatable bonds is 4. The van der Waals surface area contributed by atoms with E-state index in [1.807, 2.05) is 0 Å². The lowest BCUT2D eigenvalue weighted by Gasteiger charge is -2.31. The zero-order valence-corrected chi connectivity index (χ0v) is 12.5. The molecule has 1 unspecified atom stereocenters. The van der Waals surface area contributed by atoms with Crippen LogP contribution in [-0.4, -0.2) is 47.1 Å². The summed E-state index contributed by atoms with van der Waals surface area (Å²) in [5.74, 6) is 0. The van der Waals surface area contributed by atoms with E-state index in [2.05, 4.69) is 9.97 Å². The van der Waals surface area contributed by atoms with Gasteiger partial charge in [0.15, 0.2) is 0 Å². The van der Waals surface area contributed by atoms with Crippen molar-refractivity contribution in [3.8, 4) is 6.01 Å². The summed E-state index contributed by atoms with van der Waals surface area (Å²) in [4.78, 5) is 7.95. The molecule has 3 rings (SSSR count). The number of piperidine rings is 1. The Morgan fingerprint density at radius 3 is 2.60 bits per heavy atom. The van der Waals surface area contributed by atoms with E-state index in [4.69, 9.17) is 16.3 Å². The number of nitrogens with zero attached hydrogens (tertiary/aromatic N) is 3.